The van der Waals surface area contributed by atoms with Crippen molar-refractivity contribution in [1.29, 1.82) is 0 Å². The van der Waals surface area contributed by atoms with Gasteiger partial charge in [-0.25, -0.2) is 4.98 Å². The van der Waals surface area contributed by atoms with E-state index in [1.807, 2.05) is 11.8 Å². The Hall–Kier alpha value is -2.03. The third kappa shape index (κ3) is 3.58. The van der Waals surface area contributed by atoms with Crippen molar-refractivity contribution in [3.05, 3.63) is 30.3 Å². The largest absolute Gasteiger partial charge is 0.534 e. The molecule has 0 amide bonds. The average Bonchev–Trinajstić information content (AvgIpc) is 2.60. The van der Waals surface area contributed by atoms with Crippen molar-refractivity contribution in [2.75, 3.05) is 11.4 Å². The third-order valence-electron chi connectivity index (χ3n) is 4.55. The van der Waals surface area contributed by atoms with Crippen LogP contribution in [0.15, 0.2) is 30.3 Å². The number of fused-ring (bicyclic) bond motifs is 1. The number of benzene rings is 1. The molecule has 142 valence electrons. The van der Waals surface area contributed by atoms with Gasteiger partial charge in [-0.1, -0.05) is 25.1 Å². The quantitative estimate of drug-likeness (QED) is 0.579. The van der Waals surface area contributed by atoms with E-state index in [0.29, 0.717) is 17.4 Å². The van der Waals surface area contributed by atoms with Crippen LogP contribution in [0, 0.1) is 0 Å². The summed E-state index contributed by atoms with van der Waals surface area (Å²) >= 11 is 0. The zero-order chi connectivity index (χ0) is 18.9. The minimum absolute atomic E-state index is 0.0997. The highest BCUT2D eigenvalue weighted by Gasteiger charge is 2.49. The number of nitrogens with zero attached hydrogens (tertiary/aromatic N) is 2. The van der Waals surface area contributed by atoms with Gasteiger partial charge in [-0.05, 0) is 37.8 Å². The third-order valence-corrected chi connectivity index (χ3v) is 5.49. The first-order valence-electron chi connectivity index (χ1n) is 8.40. The van der Waals surface area contributed by atoms with E-state index in [0.717, 1.165) is 25.7 Å². The van der Waals surface area contributed by atoms with Gasteiger partial charge < -0.3 is 9.08 Å². The van der Waals surface area contributed by atoms with Gasteiger partial charge in [0.1, 0.15) is 5.69 Å². The van der Waals surface area contributed by atoms with Crippen LogP contribution in [0.1, 0.15) is 32.6 Å². The van der Waals surface area contributed by atoms with Gasteiger partial charge in [0.25, 0.3) is 5.88 Å². The monoisotopic (exact) mass is 388 g/mol. The van der Waals surface area contributed by atoms with Crippen LogP contribution >= 0.6 is 0 Å². The Balaban J connectivity index is 2.13. The Bertz CT molecular complexity index is 900. The molecule has 1 saturated heterocycles. The van der Waals surface area contributed by atoms with Gasteiger partial charge in [0.2, 0.25) is 0 Å². The molecule has 9 heteroatoms. The lowest BCUT2D eigenvalue weighted by Gasteiger charge is -2.37. The van der Waals surface area contributed by atoms with Gasteiger partial charge in [0.05, 0.1) is 5.52 Å². The molecule has 0 saturated carbocycles. The summed E-state index contributed by atoms with van der Waals surface area (Å²) in [7, 11) is -5.79. The van der Waals surface area contributed by atoms with Crippen LogP contribution in [0.4, 0.5) is 18.9 Å². The smallest absolute Gasteiger partial charge is 0.364 e. The summed E-state index contributed by atoms with van der Waals surface area (Å²) in [5.74, 6) is -0.527. The Morgan fingerprint density at radius 1 is 1.27 bits per heavy atom. The standard InChI is InChI=1S/C17H19F3N2O3S/c1-2-13-8-5-6-10-22(13)15-11-12-7-3-4-9-14(12)21-16(15)25-26(23,24)17(18,19)20/h3-4,7,9,11,13H,2,5-6,8,10H2,1H3. The molecule has 0 spiro atoms. The van der Waals surface area contributed by atoms with E-state index in [1.165, 1.54) is 0 Å². The number of rotatable bonds is 4. The lowest BCUT2D eigenvalue weighted by molar-refractivity contribution is -0.0501. The predicted octanol–water partition coefficient (Wildman–Crippen LogP) is 4.23. The summed E-state index contributed by atoms with van der Waals surface area (Å²) in [5.41, 5.74) is -4.86. The molecule has 1 aliphatic heterocycles. The average molecular weight is 388 g/mol. The minimum Gasteiger partial charge on any atom is -0.364 e. The number of para-hydroxylation sites is 1. The summed E-state index contributed by atoms with van der Waals surface area (Å²) in [5, 5.41) is 0.708. The molecule has 2 aromatic rings. The molecule has 1 fully saturated rings. The highest BCUT2D eigenvalue weighted by Crippen LogP contribution is 2.37. The topological polar surface area (TPSA) is 59.5 Å². The molecule has 1 aromatic heterocycles. The Morgan fingerprint density at radius 2 is 2.00 bits per heavy atom. The SMILES string of the molecule is CCC1CCCCN1c1cc2ccccc2nc1OS(=O)(=O)C(F)(F)F. The molecule has 3 rings (SSSR count). The molecular formula is C17H19F3N2O3S. The maximum Gasteiger partial charge on any atom is 0.534 e. The molecule has 0 aliphatic carbocycles. The highest BCUT2D eigenvalue weighted by molar-refractivity contribution is 7.88. The minimum atomic E-state index is -5.79. The predicted molar refractivity (Wildman–Crippen MR) is 92.6 cm³/mol. The number of hydrogen-bond donors (Lipinski definition) is 0. The first-order chi connectivity index (χ1) is 12.2. The lowest BCUT2D eigenvalue weighted by atomic mass is 9.99. The van der Waals surface area contributed by atoms with Gasteiger partial charge in [-0.3, -0.25) is 0 Å². The molecule has 0 radical (unpaired) electrons. The molecule has 1 aromatic carbocycles. The maximum absolute atomic E-state index is 12.8. The van der Waals surface area contributed by atoms with Crippen molar-refractivity contribution in [1.82, 2.24) is 4.98 Å². The van der Waals surface area contributed by atoms with Crippen molar-refractivity contribution >= 4 is 26.7 Å². The molecule has 5 nitrogen and oxygen atoms in total. The first-order valence-corrected chi connectivity index (χ1v) is 9.81. The Labute approximate surface area is 149 Å². The van der Waals surface area contributed by atoms with E-state index >= 15 is 0 Å². The number of anilines is 1. The number of pyridine rings is 1. The fourth-order valence-corrected chi connectivity index (χ4v) is 3.67. The van der Waals surface area contributed by atoms with Gasteiger partial charge in [-0.2, -0.15) is 21.6 Å². The van der Waals surface area contributed by atoms with Crippen LogP contribution in [0.25, 0.3) is 10.9 Å². The highest BCUT2D eigenvalue weighted by atomic mass is 32.2. The molecule has 0 N–H and O–H groups in total. The first kappa shape index (κ1) is 18.8. The van der Waals surface area contributed by atoms with Crippen LogP contribution in [-0.4, -0.2) is 31.5 Å². The van der Waals surface area contributed by atoms with Gasteiger partial charge in [-0.15, -0.1) is 0 Å². The molecule has 1 unspecified atom stereocenters. The van der Waals surface area contributed by atoms with Crippen LogP contribution in [-0.2, 0) is 10.1 Å². The second-order valence-electron chi connectivity index (χ2n) is 6.24. The normalized spacial score (nSPS) is 18.9. The fourth-order valence-electron chi connectivity index (χ4n) is 3.25. The van der Waals surface area contributed by atoms with Crippen molar-refractivity contribution in [3.63, 3.8) is 0 Å². The molecule has 1 aliphatic rings. The van der Waals surface area contributed by atoms with E-state index < -0.39 is 21.5 Å². The van der Waals surface area contributed by atoms with Gasteiger partial charge in [0, 0.05) is 18.0 Å². The Morgan fingerprint density at radius 3 is 2.69 bits per heavy atom. The number of hydrogen-bond acceptors (Lipinski definition) is 5. The van der Waals surface area contributed by atoms with E-state index in [1.54, 1.807) is 30.3 Å². The van der Waals surface area contributed by atoms with E-state index in [2.05, 4.69) is 9.17 Å². The maximum atomic E-state index is 12.8. The molecular weight excluding hydrogens is 369 g/mol. The number of alkyl halides is 3. The summed E-state index contributed by atoms with van der Waals surface area (Å²) in [6, 6.07) is 8.58. The zero-order valence-electron chi connectivity index (χ0n) is 14.2. The van der Waals surface area contributed by atoms with Gasteiger partial charge >= 0.3 is 15.6 Å². The summed E-state index contributed by atoms with van der Waals surface area (Å²) in [6.07, 6.45) is 3.56. The van der Waals surface area contributed by atoms with Crippen LogP contribution in [0.3, 0.4) is 0 Å². The van der Waals surface area contributed by atoms with E-state index in [-0.39, 0.29) is 11.7 Å². The van der Waals surface area contributed by atoms with Gasteiger partial charge in [0.15, 0.2) is 0 Å². The van der Waals surface area contributed by atoms with Crippen LogP contribution < -0.4 is 9.08 Å². The molecule has 1 atom stereocenters. The molecule has 2 heterocycles. The van der Waals surface area contributed by atoms with Crippen LogP contribution in [0.5, 0.6) is 5.88 Å². The zero-order valence-corrected chi connectivity index (χ0v) is 15.0. The van der Waals surface area contributed by atoms with Crippen molar-refractivity contribution < 1.29 is 25.8 Å². The Kier molecular flexibility index (Phi) is 5.01. The molecule has 26 heavy (non-hydrogen) atoms. The summed E-state index contributed by atoms with van der Waals surface area (Å²) in [6.45, 7) is 2.60. The van der Waals surface area contributed by atoms with Crippen LogP contribution in [0.2, 0.25) is 0 Å². The second kappa shape index (κ2) is 6.94. The second-order valence-corrected chi connectivity index (χ2v) is 7.78. The summed E-state index contributed by atoms with van der Waals surface area (Å²) in [4.78, 5) is 5.98. The number of aromatic nitrogens is 1. The van der Waals surface area contributed by atoms with Crippen molar-refractivity contribution in [2.45, 2.75) is 44.2 Å². The van der Waals surface area contributed by atoms with Crippen molar-refractivity contribution in [3.8, 4) is 5.88 Å². The number of halogens is 3. The van der Waals surface area contributed by atoms with E-state index in [9.17, 15) is 21.6 Å². The fraction of sp³-hybridized carbons (Fsp3) is 0.471. The lowest BCUT2D eigenvalue weighted by Crippen LogP contribution is -2.40. The number of piperidine rings is 1. The van der Waals surface area contributed by atoms with Crippen molar-refractivity contribution in [2.24, 2.45) is 0 Å². The van der Waals surface area contributed by atoms with E-state index in [4.69, 9.17) is 0 Å². The molecule has 0 bridgehead atoms. The summed E-state index contributed by atoms with van der Waals surface area (Å²) < 4.78 is 65.9.